The van der Waals surface area contributed by atoms with Crippen LogP contribution in [0, 0.1) is 0 Å². The zero-order valence-corrected chi connectivity index (χ0v) is 12.1. The number of furan rings is 1. The molecular formula is C12H15BrN2O4. The number of carbonyl (C=O) groups excluding carboxylic acids is 2. The van der Waals surface area contributed by atoms with Gasteiger partial charge < -0.3 is 19.4 Å². The van der Waals surface area contributed by atoms with Crippen LogP contribution in [0.3, 0.4) is 0 Å². The second-order valence-corrected chi connectivity index (χ2v) is 5.09. The Morgan fingerprint density at radius 2 is 2.11 bits per heavy atom. The summed E-state index contributed by atoms with van der Waals surface area (Å²) in [6, 6.07) is 3.39. The average molecular weight is 331 g/mol. The van der Waals surface area contributed by atoms with Crippen LogP contribution in [0.15, 0.2) is 21.2 Å². The van der Waals surface area contributed by atoms with Crippen LogP contribution in [0.4, 0.5) is 4.79 Å². The van der Waals surface area contributed by atoms with E-state index in [0.29, 0.717) is 36.4 Å². The predicted molar refractivity (Wildman–Crippen MR) is 70.9 cm³/mol. The summed E-state index contributed by atoms with van der Waals surface area (Å²) in [5, 5.41) is 2.74. The maximum Gasteiger partial charge on any atom is 0.407 e. The largest absolute Gasteiger partial charge is 0.453 e. The highest BCUT2D eigenvalue weighted by Crippen LogP contribution is 2.18. The first-order chi connectivity index (χ1) is 9.10. The second-order valence-electron chi connectivity index (χ2n) is 4.31. The third kappa shape index (κ3) is 3.50. The zero-order valence-electron chi connectivity index (χ0n) is 10.5. The minimum Gasteiger partial charge on any atom is -0.453 e. The number of ether oxygens (including phenoxy) is 1. The topological polar surface area (TPSA) is 71.8 Å². The molecule has 0 aromatic carbocycles. The Labute approximate surface area is 119 Å². The molecule has 1 N–H and O–H groups in total. The maximum absolute atomic E-state index is 12.1. The molecule has 0 spiro atoms. The minimum atomic E-state index is -0.431. The summed E-state index contributed by atoms with van der Waals surface area (Å²) in [6.07, 6.45) is 0.991. The third-order valence-electron chi connectivity index (χ3n) is 3.07. The fourth-order valence-corrected chi connectivity index (χ4v) is 2.34. The van der Waals surface area contributed by atoms with E-state index in [1.54, 1.807) is 17.0 Å². The van der Waals surface area contributed by atoms with Crippen LogP contribution < -0.4 is 5.32 Å². The number of piperidine rings is 1. The van der Waals surface area contributed by atoms with Crippen molar-refractivity contribution >= 4 is 27.9 Å². The Bertz CT molecular complexity index is 466. The molecule has 0 radical (unpaired) electrons. The van der Waals surface area contributed by atoms with E-state index < -0.39 is 6.09 Å². The van der Waals surface area contributed by atoms with Crippen molar-refractivity contribution in [3.8, 4) is 0 Å². The van der Waals surface area contributed by atoms with E-state index in [4.69, 9.17) is 4.42 Å². The molecule has 2 rings (SSSR count). The molecule has 1 aliphatic heterocycles. The van der Waals surface area contributed by atoms with Gasteiger partial charge in [0.15, 0.2) is 10.4 Å². The van der Waals surface area contributed by atoms with Crippen molar-refractivity contribution < 1.29 is 18.7 Å². The summed E-state index contributed by atoms with van der Waals surface area (Å²) in [4.78, 5) is 24.9. The van der Waals surface area contributed by atoms with E-state index >= 15 is 0 Å². The number of nitrogens with one attached hydrogen (secondary N) is 1. The molecule has 1 saturated heterocycles. The number of halogens is 1. The highest BCUT2D eigenvalue weighted by Gasteiger charge is 2.26. The number of likely N-dealkylation sites (tertiary alicyclic amines) is 1. The summed E-state index contributed by atoms with van der Waals surface area (Å²) in [6.45, 7) is 1.18. The van der Waals surface area contributed by atoms with Gasteiger partial charge in [0.2, 0.25) is 0 Å². The first kappa shape index (κ1) is 13.9. The van der Waals surface area contributed by atoms with Crippen LogP contribution in [-0.4, -0.2) is 43.1 Å². The van der Waals surface area contributed by atoms with E-state index in [9.17, 15) is 9.59 Å². The van der Waals surface area contributed by atoms with E-state index in [1.165, 1.54) is 7.11 Å². The lowest BCUT2D eigenvalue weighted by atomic mass is 10.1. The van der Waals surface area contributed by atoms with Gasteiger partial charge in [0.1, 0.15) is 0 Å². The second kappa shape index (κ2) is 6.10. The molecule has 2 amide bonds. The first-order valence-corrected chi connectivity index (χ1v) is 6.78. The molecule has 7 heteroatoms. The maximum atomic E-state index is 12.1. The molecule has 104 valence electrons. The van der Waals surface area contributed by atoms with Gasteiger partial charge in [-0.2, -0.15) is 0 Å². The lowest BCUT2D eigenvalue weighted by molar-refractivity contribution is 0.0671. The summed E-state index contributed by atoms with van der Waals surface area (Å²) in [7, 11) is 1.34. The quantitative estimate of drug-likeness (QED) is 0.900. The molecule has 1 fully saturated rings. The van der Waals surface area contributed by atoms with Crippen LogP contribution in [-0.2, 0) is 4.74 Å². The Morgan fingerprint density at radius 3 is 2.63 bits per heavy atom. The molecule has 6 nitrogen and oxygen atoms in total. The Morgan fingerprint density at radius 1 is 1.42 bits per heavy atom. The number of hydrogen-bond acceptors (Lipinski definition) is 4. The SMILES string of the molecule is COC(=O)NC1CCN(C(=O)c2ccc(Br)o2)CC1. The lowest BCUT2D eigenvalue weighted by Crippen LogP contribution is -2.46. The van der Waals surface area contributed by atoms with E-state index in [2.05, 4.69) is 26.0 Å². The number of amides is 2. The number of nitrogens with zero attached hydrogens (tertiary/aromatic N) is 1. The smallest absolute Gasteiger partial charge is 0.407 e. The fourth-order valence-electron chi connectivity index (χ4n) is 2.04. The Hall–Kier alpha value is -1.50. The van der Waals surface area contributed by atoms with E-state index in [1.807, 2.05) is 0 Å². The summed E-state index contributed by atoms with van der Waals surface area (Å²) in [5.74, 6) is 0.202. The number of alkyl carbamates (subject to hydrolysis) is 1. The van der Waals surface area contributed by atoms with Crippen molar-refractivity contribution in [2.75, 3.05) is 20.2 Å². The van der Waals surface area contributed by atoms with Gasteiger partial charge in [-0.15, -0.1) is 0 Å². The normalized spacial score (nSPS) is 16.2. The molecular weight excluding hydrogens is 316 g/mol. The molecule has 0 atom stereocenters. The van der Waals surface area contributed by atoms with Crippen LogP contribution in [0.5, 0.6) is 0 Å². The summed E-state index contributed by atoms with van der Waals surface area (Å²) >= 11 is 3.17. The molecule has 0 saturated carbocycles. The molecule has 0 aliphatic carbocycles. The van der Waals surface area contributed by atoms with Crippen LogP contribution >= 0.6 is 15.9 Å². The minimum absolute atomic E-state index is 0.0554. The van der Waals surface area contributed by atoms with Crippen molar-refractivity contribution in [3.63, 3.8) is 0 Å². The van der Waals surface area contributed by atoms with Gasteiger partial charge >= 0.3 is 6.09 Å². The fraction of sp³-hybridized carbons (Fsp3) is 0.500. The van der Waals surface area contributed by atoms with Crippen molar-refractivity contribution in [1.82, 2.24) is 10.2 Å². The highest BCUT2D eigenvalue weighted by molar-refractivity contribution is 9.10. The van der Waals surface area contributed by atoms with Crippen LogP contribution in [0.1, 0.15) is 23.4 Å². The van der Waals surface area contributed by atoms with Crippen molar-refractivity contribution in [2.24, 2.45) is 0 Å². The van der Waals surface area contributed by atoms with Crippen LogP contribution in [0.25, 0.3) is 0 Å². The van der Waals surface area contributed by atoms with Gasteiger partial charge in [-0.25, -0.2) is 4.79 Å². The van der Waals surface area contributed by atoms with Crippen molar-refractivity contribution in [3.05, 3.63) is 22.6 Å². The van der Waals surface area contributed by atoms with Gasteiger partial charge in [0, 0.05) is 19.1 Å². The number of rotatable bonds is 2. The Kier molecular flexibility index (Phi) is 4.47. The van der Waals surface area contributed by atoms with Crippen molar-refractivity contribution in [1.29, 1.82) is 0 Å². The molecule has 1 aliphatic rings. The summed E-state index contributed by atoms with van der Waals surface area (Å²) in [5.41, 5.74) is 0. The van der Waals surface area contributed by atoms with E-state index in [-0.39, 0.29) is 11.9 Å². The monoisotopic (exact) mass is 330 g/mol. The van der Waals surface area contributed by atoms with Gasteiger partial charge in [-0.3, -0.25) is 4.79 Å². The van der Waals surface area contributed by atoms with Gasteiger partial charge in [0.05, 0.1) is 7.11 Å². The first-order valence-electron chi connectivity index (χ1n) is 5.99. The number of carbonyl (C=O) groups is 2. The number of hydrogen-bond donors (Lipinski definition) is 1. The average Bonchev–Trinajstić information content (AvgIpc) is 2.85. The Balaban J connectivity index is 1.86. The summed E-state index contributed by atoms with van der Waals surface area (Å²) < 4.78 is 10.3. The molecule has 2 heterocycles. The van der Waals surface area contributed by atoms with Gasteiger partial charge in [0.25, 0.3) is 5.91 Å². The lowest BCUT2D eigenvalue weighted by Gasteiger charge is -2.31. The molecule has 1 aromatic heterocycles. The molecule has 1 aromatic rings. The number of methoxy groups -OCH3 is 1. The zero-order chi connectivity index (χ0) is 13.8. The molecule has 0 bridgehead atoms. The van der Waals surface area contributed by atoms with Crippen molar-refractivity contribution in [2.45, 2.75) is 18.9 Å². The van der Waals surface area contributed by atoms with Gasteiger partial charge in [-0.1, -0.05) is 0 Å². The third-order valence-corrected chi connectivity index (χ3v) is 3.50. The highest BCUT2D eigenvalue weighted by atomic mass is 79.9. The van der Waals surface area contributed by atoms with Gasteiger partial charge in [-0.05, 0) is 40.9 Å². The van der Waals surface area contributed by atoms with E-state index in [0.717, 1.165) is 0 Å². The molecule has 19 heavy (non-hydrogen) atoms. The van der Waals surface area contributed by atoms with Crippen LogP contribution in [0.2, 0.25) is 0 Å². The molecule has 0 unspecified atom stereocenters. The predicted octanol–water partition coefficient (Wildman–Crippen LogP) is 2.00. The standard InChI is InChI=1S/C12H15BrN2O4/c1-18-12(17)14-8-4-6-15(7-5-8)11(16)9-2-3-10(13)19-9/h2-3,8H,4-7H2,1H3,(H,14,17).